The molecule has 0 aliphatic rings. The Morgan fingerprint density at radius 2 is 1.56 bits per heavy atom. The van der Waals surface area contributed by atoms with Crippen LogP contribution in [-0.4, -0.2) is 51.5 Å². The van der Waals surface area contributed by atoms with Crippen molar-refractivity contribution in [1.29, 1.82) is 0 Å². The normalized spacial score (nSPS) is 13.2. The maximum atomic E-state index is 12.7. The summed E-state index contributed by atoms with van der Waals surface area (Å²) < 4.78 is 53.1. The molecule has 0 aliphatic heterocycles. The standard InChI is InChI=1S/C21H23BF3NO6/c1-30-20(29)17(12-13-4-10-16(11-5-13)22(31-2)32-3)26-19(28)18(27)14-6-8-15(9-7-14)21(23,24)25/h4-11,17-18,27H,12H2,1-3H3,(H,26,28)/t17-,18-/m1/s1. The first-order valence-corrected chi connectivity index (χ1v) is 9.48. The topological polar surface area (TPSA) is 94.1 Å². The lowest BCUT2D eigenvalue weighted by Crippen LogP contribution is -2.45. The van der Waals surface area contributed by atoms with Crippen LogP contribution in [0.2, 0.25) is 0 Å². The van der Waals surface area contributed by atoms with Crippen molar-refractivity contribution in [2.45, 2.75) is 24.7 Å². The minimum absolute atomic E-state index is 0.0476. The number of hydrogen-bond acceptors (Lipinski definition) is 6. The molecule has 172 valence electrons. The third-order valence-electron chi connectivity index (χ3n) is 4.72. The number of benzene rings is 2. The van der Waals surface area contributed by atoms with Crippen LogP contribution in [0, 0.1) is 0 Å². The fourth-order valence-electron chi connectivity index (χ4n) is 3.01. The van der Waals surface area contributed by atoms with Gasteiger partial charge in [-0.3, -0.25) is 4.79 Å². The van der Waals surface area contributed by atoms with Crippen LogP contribution in [0.1, 0.15) is 22.8 Å². The number of esters is 1. The van der Waals surface area contributed by atoms with Gasteiger partial charge >= 0.3 is 19.3 Å². The number of methoxy groups -OCH3 is 1. The van der Waals surface area contributed by atoms with E-state index in [4.69, 9.17) is 14.0 Å². The van der Waals surface area contributed by atoms with Crippen molar-refractivity contribution >= 4 is 24.5 Å². The van der Waals surface area contributed by atoms with Gasteiger partial charge in [0, 0.05) is 20.6 Å². The van der Waals surface area contributed by atoms with E-state index in [1.54, 1.807) is 24.3 Å². The molecule has 0 aromatic heterocycles. The van der Waals surface area contributed by atoms with Gasteiger partial charge < -0.3 is 24.5 Å². The largest absolute Gasteiger partial charge is 0.493 e. The van der Waals surface area contributed by atoms with E-state index in [0.717, 1.165) is 36.8 Å². The smallest absolute Gasteiger partial charge is 0.467 e. The number of aliphatic hydroxyl groups excluding tert-OH is 1. The van der Waals surface area contributed by atoms with E-state index >= 15 is 0 Å². The number of rotatable bonds is 9. The van der Waals surface area contributed by atoms with Crippen molar-refractivity contribution < 1.29 is 41.9 Å². The van der Waals surface area contributed by atoms with Crippen LogP contribution in [0.5, 0.6) is 0 Å². The Morgan fingerprint density at radius 1 is 1.00 bits per heavy atom. The second kappa shape index (κ2) is 11.1. The molecule has 7 nitrogen and oxygen atoms in total. The molecule has 0 bridgehead atoms. The number of hydrogen-bond donors (Lipinski definition) is 2. The molecule has 0 radical (unpaired) electrons. The average molecular weight is 453 g/mol. The van der Waals surface area contributed by atoms with Gasteiger partial charge in [-0.05, 0) is 28.7 Å². The summed E-state index contributed by atoms with van der Waals surface area (Å²) in [6.07, 6.45) is -6.25. The summed E-state index contributed by atoms with van der Waals surface area (Å²) in [5.41, 5.74) is 0.470. The number of alkyl halides is 3. The fourth-order valence-corrected chi connectivity index (χ4v) is 3.01. The highest BCUT2D eigenvalue weighted by atomic mass is 19.4. The molecule has 1 amide bonds. The molecule has 2 aromatic carbocycles. The minimum atomic E-state index is -4.54. The van der Waals surface area contributed by atoms with Crippen LogP contribution < -0.4 is 10.8 Å². The molecule has 2 atom stereocenters. The van der Waals surface area contributed by atoms with Gasteiger partial charge in [0.05, 0.1) is 12.7 Å². The van der Waals surface area contributed by atoms with Crippen molar-refractivity contribution in [3.05, 3.63) is 65.2 Å². The summed E-state index contributed by atoms with van der Waals surface area (Å²) >= 11 is 0. The molecule has 0 heterocycles. The van der Waals surface area contributed by atoms with Crippen LogP contribution in [0.25, 0.3) is 0 Å². The zero-order valence-electron chi connectivity index (χ0n) is 17.7. The highest BCUT2D eigenvalue weighted by molar-refractivity contribution is 6.61. The molecule has 32 heavy (non-hydrogen) atoms. The average Bonchev–Trinajstić information content (AvgIpc) is 2.78. The molecular weight excluding hydrogens is 430 g/mol. The first-order valence-electron chi connectivity index (χ1n) is 9.48. The lowest BCUT2D eigenvalue weighted by atomic mass is 9.78. The molecule has 0 unspecified atom stereocenters. The predicted molar refractivity (Wildman–Crippen MR) is 110 cm³/mol. The fraction of sp³-hybridized carbons (Fsp3) is 0.333. The van der Waals surface area contributed by atoms with E-state index in [9.17, 15) is 27.9 Å². The Balaban J connectivity index is 2.11. The molecular formula is C21H23BF3NO6. The third kappa shape index (κ3) is 6.55. The van der Waals surface area contributed by atoms with Gasteiger partial charge in [0.15, 0.2) is 6.10 Å². The summed E-state index contributed by atoms with van der Waals surface area (Å²) in [6, 6.07) is 9.31. The van der Waals surface area contributed by atoms with Gasteiger partial charge in [0.1, 0.15) is 6.04 Å². The van der Waals surface area contributed by atoms with Crippen LogP contribution in [0.15, 0.2) is 48.5 Å². The Hall–Kier alpha value is -2.89. The van der Waals surface area contributed by atoms with Crippen LogP contribution in [-0.2, 0) is 36.2 Å². The summed E-state index contributed by atoms with van der Waals surface area (Å²) in [5, 5.41) is 12.6. The number of carbonyl (C=O) groups excluding carboxylic acids is 2. The molecule has 2 aromatic rings. The van der Waals surface area contributed by atoms with Crippen LogP contribution in [0.4, 0.5) is 13.2 Å². The van der Waals surface area contributed by atoms with Crippen LogP contribution >= 0.6 is 0 Å². The zero-order chi connectivity index (χ0) is 23.9. The lowest BCUT2D eigenvalue weighted by molar-refractivity contribution is -0.146. The quantitative estimate of drug-likeness (QED) is 0.443. The van der Waals surface area contributed by atoms with Crippen LogP contribution in [0.3, 0.4) is 0 Å². The minimum Gasteiger partial charge on any atom is -0.467 e. The SMILES string of the molecule is COB(OC)c1ccc(C[C@@H](NC(=O)[C@H](O)c2ccc(C(F)(F)F)cc2)C(=O)OC)cc1. The molecule has 0 aliphatic carbocycles. The number of aliphatic hydroxyl groups is 1. The molecule has 2 rings (SSSR count). The van der Waals surface area contributed by atoms with E-state index in [1.165, 1.54) is 14.2 Å². The van der Waals surface area contributed by atoms with Crippen molar-refractivity contribution in [2.24, 2.45) is 0 Å². The highest BCUT2D eigenvalue weighted by Crippen LogP contribution is 2.30. The molecule has 11 heteroatoms. The van der Waals surface area contributed by atoms with Gasteiger partial charge in [-0.1, -0.05) is 36.4 Å². The Kier molecular flexibility index (Phi) is 8.82. The first-order chi connectivity index (χ1) is 15.1. The number of carbonyl (C=O) groups is 2. The van der Waals surface area contributed by atoms with Crippen molar-refractivity contribution in [2.75, 3.05) is 21.3 Å². The highest BCUT2D eigenvalue weighted by Gasteiger charge is 2.31. The first kappa shape index (κ1) is 25.4. The summed E-state index contributed by atoms with van der Waals surface area (Å²) in [7, 11) is 3.58. The molecule has 2 N–H and O–H groups in total. The second-order valence-electron chi connectivity index (χ2n) is 6.86. The number of ether oxygens (including phenoxy) is 1. The Bertz CT molecular complexity index is 901. The van der Waals surface area contributed by atoms with Crippen molar-refractivity contribution in [3.63, 3.8) is 0 Å². The third-order valence-corrected chi connectivity index (χ3v) is 4.72. The molecule has 0 saturated carbocycles. The van der Waals surface area contributed by atoms with E-state index in [1.807, 2.05) is 0 Å². The van der Waals surface area contributed by atoms with Gasteiger partial charge in [-0.15, -0.1) is 0 Å². The number of amides is 1. The molecule has 0 fully saturated rings. The maximum absolute atomic E-state index is 12.7. The monoisotopic (exact) mass is 453 g/mol. The van der Waals surface area contributed by atoms with Crippen molar-refractivity contribution in [1.82, 2.24) is 5.32 Å². The van der Waals surface area contributed by atoms with Crippen molar-refractivity contribution in [3.8, 4) is 0 Å². The van der Waals surface area contributed by atoms with Gasteiger partial charge in [0.2, 0.25) is 0 Å². The zero-order valence-corrected chi connectivity index (χ0v) is 17.7. The number of nitrogens with one attached hydrogen (secondary N) is 1. The van der Waals surface area contributed by atoms with Gasteiger partial charge in [-0.2, -0.15) is 13.2 Å². The molecule has 0 spiro atoms. The maximum Gasteiger partial charge on any atom is 0.493 e. The summed E-state index contributed by atoms with van der Waals surface area (Å²) in [6.45, 7) is 0. The van der Waals surface area contributed by atoms with Gasteiger partial charge in [0.25, 0.3) is 5.91 Å². The van der Waals surface area contributed by atoms with E-state index in [2.05, 4.69) is 5.32 Å². The van der Waals surface area contributed by atoms with E-state index < -0.39 is 42.9 Å². The Labute approximate surface area is 183 Å². The molecule has 0 saturated heterocycles. The van der Waals surface area contributed by atoms with E-state index in [0.29, 0.717) is 5.56 Å². The Morgan fingerprint density at radius 3 is 2.03 bits per heavy atom. The summed E-state index contributed by atoms with van der Waals surface area (Å²) in [5.74, 6) is -1.69. The predicted octanol–water partition coefficient (Wildman–Crippen LogP) is 1.63. The number of halogens is 3. The van der Waals surface area contributed by atoms with Gasteiger partial charge in [-0.25, -0.2) is 4.79 Å². The lowest BCUT2D eigenvalue weighted by Gasteiger charge is -2.19. The second-order valence-corrected chi connectivity index (χ2v) is 6.86. The summed E-state index contributed by atoms with van der Waals surface area (Å²) in [4.78, 5) is 24.6. The van der Waals surface area contributed by atoms with E-state index in [-0.39, 0.29) is 12.0 Å².